The summed E-state index contributed by atoms with van der Waals surface area (Å²) in [6.07, 6.45) is 1.58. The Labute approximate surface area is 177 Å². The van der Waals surface area contributed by atoms with E-state index in [-0.39, 0.29) is 11.3 Å². The number of para-hydroxylation sites is 1. The van der Waals surface area contributed by atoms with Crippen LogP contribution >= 0.6 is 0 Å². The molecule has 1 saturated heterocycles. The van der Waals surface area contributed by atoms with Crippen LogP contribution in [0.4, 0.5) is 11.5 Å². The van der Waals surface area contributed by atoms with Crippen LogP contribution in [0.25, 0.3) is 10.9 Å². The summed E-state index contributed by atoms with van der Waals surface area (Å²) < 4.78 is 0. The van der Waals surface area contributed by atoms with E-state index in [4.69, 9.17) is 0 Å². The zero-order chi connectivity index (χ0) is 20.7. The van der Waals surface area contributed by atoms with Crippen molar-refractivity contribution in [2.75, 3.05) is 42.9 Å². The third kappa shape index (κ3) is 3.56. The van der Waals surface area contributed by atoms with E-state index >= 15 is 0 Å². The van der Waals surface area contributed by atoms with Crippen molar-refractivity contribution in [3.8, 4) is 0 Å². The lowest BCUT2D eigenvalue weighted by atomic mass is 9.77. The van der Waals surface area contributed by atoms with Crippen molar-refractivity contribution in [2.45, 2.75) is 32.1 Å². The second-order valence-electron chi connectivity index (χ2n) is 9.16. The van der Waals surface area contributed by atoms with Crippen LogP contribution in [-0.4, -0.2) is 53.7 Å². The van der Waals surface area contributed by atoms with E-state index in [0.29, 0.717) is 6.42 Å². The molecule has 2 N–H and O–H groups in total. The van der Waals surface area contributed by atoms with E-state index < -0.39 is 0 Å². The molecule has 0 saturated carbocycles. The fourth-order valence-corrected chi connectivity index (χ4v) is 4.77. The minimum atomic E-state index is -0.106. The van der Waals surface area contributed by atoms with Crippen molar-refractivity contribution in [1.82, 2.24) is 15.1 Å². The number of nitrogens with one attached hydrogen (secondary N) is 2. The number of rotatable bonds is 4. The molecular formula is C24H29N5O. The molecule has 0 bridgehead atoms. The highest BCUT2D eigenvalue weighted by molar-refractivity contribution is 5.95. The van der Waals surface area contributed by atoms with Crippen molar-refractivity contribution in [3.63, 3.8) is 0 Å². The molecule has 3 aromatic rings. The van der Waals surface area contributed by atoms with Gasteiger partial charge in [0.05, 0.1) is 5.52 Å². The highest BCUT2D eigenvalue weighted by atomic mass is 16.1. The fraction of sp³-hybridized carbons (Fsp3) is 0.417. The van der Waals surface area contributed by atoms with Gasteiger partial charge in [-0.1, -0.05) is 38.1 Å². The number of carbonyl (C=O) groups excluding carboxylic acids is 1. The van der Waals surface area contributed by atoms with Crippen molar-refractivity contribution in [2.24, 2.45) is 0 Å². The Kier molecular flexibility index (Phi) is 4.74. The van der Waals surface area contributed by atoms with Gasteiger partial charge in [0.1, 0.15) is 0 Å². The number of aromatic nitrogens is 2. The summed E-state index contributed by atoms with van der Waals surface area (Å²) in [4.78, 5) is 16.8. The van der Waals surface area contributed by atoms with E-state index in [1.165, 1.54) is 16.5 Å². The third-order valence-electron chi connectivity index (χ3n) is 6.53. The lowest BCUT2D eigenvalue weighted by Gasteiger charge is -2.35. The highest BCUT2D eigenvalue weighted by Gasteiger charge is 2.32. The van der Waals surface area contributed by atoms with Gasteiger partial charge in [0.25, 0.3) is 0 Å². The van der Waals surface area contributed by atoms with Gasteiger partial charge in [0.15, 0.2) is 5.82 Å². The number of carbonyl (C=O) groups is 1. The molecule has 1 fully saturated rings. The number of aromatic amines is 1. The Balaban J connectivity index is 1.20. The van der Waals surface area contributed by atoms with Crippen molar-refractivity contribution in [3.05, 3.63) is 53.6 Å². The molecule has 2 aliphatic rings. The molecule has 5 rings (SSSR count). The third-order valence-corrected chi connectivity index (χ3v) is 6.53. The Hall–Kier alpha value is -2.86. The maximum Gasteiger partial charge on any atom is 0.225 e. The zero-order valence-corrected chi connectivity index (χ0v) is 17.7. The minimum absolute atomic E-state index is 0.106. The number of piperazine rings is 1. The standard InChI is InChI=1S/C24H29N5O/c1-24(2)16-22(30)25-21-8-7-17(15-19(21)24)9-10-28-11-13-29(14-12-28)23-18-5-3-4-6-20(18)26-27-23/h3-8,15H,9-14,16H2,1-2H3,(H,25,30)(H,26,27). The Morgan fingerprint density at radius 3 is 2.70 bits per heavy atom. The van der Waals surface area contributed by atoms with Crippen LogP contribution in [0.5, 0.6) is 0 Å². The molecule has 6 heteroatoms. The molecule has 1 aromatic heterocycles. The summed E-state index contributed by atoms with van der Waals surface area (Å²) in [6, 6.07) is 14.9. The predicted octanol–water partition coefficient (Wildman–Crippen LogP) is 3.55. The van der Waals surface area contributed by atoms with E-state index in [1.807, 2.05) is 6.07 Å². The Bertz CT molecular complexity index is 1080. The van der Waals surface area contributed by atoms with Crippen LogP contribution in [-0.2, 0) is 16.6 Å². The molecule has 0 radical (unpaired) electrons. The first-order chi connectivity index (χ1) is 14.5. The summed E-state index contributed by atoms with van der Waals surface area (Å²) in [6.45, 7) is 9.47. The second kappa shape index (κ2) is 7.43. The van der Waals surface area contributed by atoms with Crippen LogP contribution in [0.15, 0.2) is 42.5 Å². The Morgan fingerprint density at radius 1 is 1.07 bits per heavy atom. The molecular weight excluding hydrogens is 374 g/mol. The predicted molar refractivity (Wildman–Crippen MR) is 121 cm³/mol. The normalized spacial score (nSPS) is 19.0. The minimum Gasteiger partial charge on any atom is -0.352 e. The van der Waals surface area contributed by atoms with Gasteiger partial charge in [0, 0.05) is 55.6 Å². The summed E-state index contributed by atoms with van der Waals surface area (Å²) in [7, 11) is 0. The maximum atomic E-state index is 11.9. The van der Waals surface area contributed by atoms with Gasteiger partial charge < -0.3 is 10.2 Å². The maximum absolute atomic E-state index is 11.9. The number of fused-ring (bicyclic) bond motifs is 2. The van der Waals surface area contributed by atoms with Gasteiger partial charge in [0.2, 0.25) is 5.91 Å². The molecule has 156 valence electrons. The van der Waals surface area contributed by atoms with E-state index in [1.54, 1.807) is 0 Å². The lowest BCUT2D eigenvalue weighted by molar-refractivity contribution is -0.117. The number of nitrogens with zero attached hydrogens (tertiary/aromatic N) is 3. The summed E-state index contributed by atoms with van der Waals surface area (Å²) in [5.41, 5.74) is 4.57. The van der Waals surface area contributed by atoms with Crippen LogP contribution in [0, 0.1) is 0 Å². The summed E-state index contributed by atoms with van der Waals surface area (Å²) >= 11 is 0. The molecule has 0 spiro atoms. The quantitative estimate of drug-likeness (QED) is 0.699. The van der Waals surface area contributed by atoms with Crippen LogP contribution in [0.3, 0.4) is 0 Å². The van der Waals surface area contributed by atoms with Crippen LogP contribution < -0.4 is 10.2 Å². The molecule has 3 heterocycles. The first kappa shape index (κ1) is 19.1. The number of H-pyrrole nitrogens is 1. The Morgan fingerprint density at radius 2 is 1.87 bits per heavy atom. The van der Waals surface area contributed by atoms with Gasteiger partial charge in [-0.15, -0.1) is 0 Å². The van der Waals surface area contributed by atoms with Gasteiger partial charge in [-0.05, 0) is 35.7 Å². The number of hydrogen-bond acceptors (Lipinski definition) is 4. The first-order valence-corrected chi connectivity index (χ1v) is 10.8. The average Bonchev–Trinajstić information content (AvgIpc) is 3.16. The van der Waals surface area contributed by atoms with Gasteiger partial charge >= 0.3 is 0 Å². The second-order valence-corrected chi connectivity index (χ2v) is 9.16. The number of hydrogen-bond donors (Lipinski definition) is 2. The summed E-state index contributed by atoms with van der Waals surface area (Å²) in [5, 5.41) is 11.9. The fourth-order valence-electron chi connectivity index (χ4n) is 4.77. The number of amides is 1. The van der Waals surface area contributed by atoms with Gasteiger partial charge in [-0.3, -0.25) is 14.8 Å². The molecule has 1 amide bonds. The van der Waals surface area contributed by atoms with Crippen LogP contribution in [0.1, 0.15) is 31.4 Å². The van der Waals surface area contributed by atoms with Gasteiger partial charge in [-0.25, -0.2) is 0 Å². The molecule has 0 atom stereocenters. The number of anilines is 2. The summed E-state index contributed by atoms with van der Waals surface area (Å²) in [5.74, 6) is 1.19. The molecule has 6 nitrogen and oxygen atoms in total. The van der Waals surface area contributed by atoms with Crippen molar-refractivity contribution >= 4 is 28.3 Å². The highest BCUT2D eigenvalue weighted by Crippen LogP contribution is 2.37. The molecule has 2 aromatic carbocycles. The topological polar surface area (TPSA) is 64.3 Å². The van der Waals surface area contributed by atoms with E-state index in [0.717, 1.165) is 56.2 Å². The molecule has 0 unspecified atom stereocenters. The largest absolute Gasteiger partial charge is 0.352 e. The zero-order valence-electron chi connectivity index (χ0n) is 17.7. The lowest BCUT2D eigenvalue weighted by Crippen LogP contribution is -2.47. The van der Waals surface area contributed by atoms with Crippen LogP contribution in [0.2, 0.25) is 0 Å². The first-order valence-electron chi connectivity index (χ1n) is 10.8. The monoisotopic (exact) mass is 403 g/mol. The smallest absolute Gasteiger partial charge is 0.225 e. The molecule has 30 heavy (non-hydrogen) atoms. The van der Waals surface area contributed by atoms with Crippen molar-refractivity contribution < 1.29 is 4.79 Å². The SMILES string of the molecule is CC1(C)CC(=O)Nc2ccc(CCN3CCN(c4n[nH]c5ccccc45)CC3)cc21. The number of benzene rings is 2. The molecule has 0 aliphatic carbocycles. The van der Waals surface area contributed by atoms with E-state index in [9.17, 15) is 4.79 Å². The van der Waals surface area contributed by atoms with Crippen molar-refractivity contribution in [1.29, 1.82) is 0 Å². The van der Waals surface area contributed by atoms with Gasteiger partial charge in [-0.2, -0.15) is 5.10 Å². The average molecular weight is 404 g/mol. The molecule has 2 aliphatic heterocycles. The van der Waals surface area contributed by atoms with E-state index in [2.05, 4.69) is 75.6 Å².